The van der Waals surface area contributed by atoms with Crippen molar-refractivity contribution < 1.29 is 12.8 Å². The highest BCUT2D eigenvalue weighted by molar-refractivity contribution is 7.89. The predicted octanol–water partition coefficient (Wildman–Crippen LogP) is 3.11. The van der Waals surface area contributed by atoms with E-state index < -0.39 is 20.9 Å². The monoisotopic (exact) mass is 314 g/mol. The van der Waals surface area contributed by atoms with Gasteiger partial charge in [0.2, 0.25) is 5.03 Å². The number of sulfonamides is 1. The van der Waals surface area contributed by atoms with Crippen LogP contribution in [0.3, 0.4) is 0 Å². The van der Waals surface area contributed by atoms with Crippen molar-refractivity contribution in [3.05, 3.63) is 24.1 Å². The average Bonchev–Trinajstić information content (AvgIpc) is 2.85. The van der Waals surface area contributed by atoms with Crippen LogP contribution >= 0.6 is 0 Å². The maximum absolute atomic E-state index is 13.6. The number of halogens is 1. The van der Waals surface area contributed by atoms with Gasteiger partial charge < -0.3 is 0 Å². The zero-order chi connectivity index (χ0) is 15.5. The highest BCUT2D eigenvalue weighted by Crippen LogP contribution is 2.42. The van der Waals surface area contributed by atoms with Crippen LogP contribution in [0.1, 0.15) is 46.0 Å². The molecule has 2 rings (SSSR count). The van der Waals surface area contributed by atoms with Crippen LogP contribution in [0.5, 0.6) is 0 Å². The molecule has 118 valence electrons. The van der Waals surface area contributed by atoms with E-state index in [1.807, 2.05) is 0 Å². The maximum atomic E-state index is 13.6. The average molecular weight is 314 g/mol. The molecule has 0 spiro atoms. The molecule has 0 aromatic carbocycles. The zero-order valence-corrected chi connectivity index (χ0v) is 13.4. The number of pyridine rings is 1. The van der Waals surface area contributed by atoms with Crippen molar-refractivity contribution in [2.75, 3.05) is 6.54 Å². The molecule has 1 N–H and O–H groups in total. The summed E-state index contributed by atoms with van der Waals surface area (Å²) in [7, 11) is -3.89. The molecule has 0 amide bonds. The SMILES string of the molecule is CC(C)CC1(CNS(=O)(=O)c2ncccc2F)CCCC1. The summed E-state index contributed by atoms with van der Waals surface area (Å²) in [5.74, 6) is -0.298. The molecule has 0 bridgehead atoms. The molecule has 0 radical (unpaired) electrons. The maximum Gasteiger partial charge on any atom is 0.261 e. The first-order valence-electron chi connectivity index (χ1n) is 7.45. The third-order valence-corrected chi connectivity index (χ3v) is 5.46. The molecule has 1 aromatic heterocycles. The topological polar surface area (TPSA) is 59.1 Å². The van der Waals surface area contributed by atoms with Gasteiger partial charge in [-0.3, -0.25) is 0 Å². The third-order valence-electron chi connectivity index (χ3n) is 4.12. The van der Waals surface area contributed by atoms with E-state index in [-0.39, 0.29) is 5.41 Å². The van der Waals surface area contributed by atoms with E-state index in [1.54, 1.807) is 0 Å². The van der Waals surface area contributed by atoms with E-state index in [4.69, 9.17) is 0 Å². The number of hydrogen-bond donors (Lipinski definition) is 1. The van der Waals surface area contributed by atoms with Crippen LogP contribution in [0.15, 0.2) is 23.4 Å². The minimum atomic E-state index is -3.89. The lowest BCUT2D eigenvalue weighted by atomic mass is 9.79. The van der Waals surface area contributed by atoms with E-state index in [2.05, 4.69) is 23.6 Å². The van der Waals surface area contributed by atoms with Crippen LogP contribution in [-0.2, 0) is 10.0 Å². The Labute approximate surface area is 126 Å². The number of nitrogens with one attached hydrogen (secondary N) is 1. The van der Waals surface area contributed by atoms with Gasteiger partial charge in [0.05, 0.1) is 0 Å². The van der Waals surface area contributed by atoms with E-state index in [1.165, 1.54) is 12.3 Å². The van der Waals surface area contributed by atoms with Gasteiger partial charge in [0.1, 0.15) is 0 Å². The smallest absolute Gasteiger partial charge is 0.241 e. The molecule has 0 aliphatic heterocycles. The summed E-state index contributed by atoms with van der Waals surface area (Å²) >= 11 is 0. The van der Waals surface area contributed by atoms with Crippen molar-refractivity contribution in [2.24, 2.45) is 11.3 Å². The highest BCUT2D eigenvalue weighted by Gasteiger charge is 2.36. The van der Waals surface area contributed by atoms with Gasteiger partial charge in [-0.05, 0) is 42.7 Å². The van der Waals surface area contributed by atoms with Gasteiger partial charge in [-0.2, -0.15) is 0 Å². The van der Waals surface area contributed by atoms with Gasteiger partial charge in [0.15, 0.2) is 5.82 Å². The van der Waals surface area contributed by atoms with Crippen LogP contribution in [-0.4, -0.2) is 19.9 Å². The molecule has 1 fully saturated rings. The first-order valence-corrected chi connectivity index (χ1v) is 8.93. The summed E-state index contributed by atoms with van der Waals surface area (Å²) in [5.41, 5.74) is 0.00644. The molecular formula is C15H23FN2O2S. The second-order valence-corrected chi connectivity index (χ2v) is 8.10. The highest BCUT2D eigenvalue weighted by atomic mass is 32.2. The number of aromatic nitrogens is 1. The fraction of sp³-hybridized carbons (Fsp3) is 0.667. The van der Waals surface area contributed by atoms with Gasteiger partial charge in [0.25, 0.3) is 10.0 Å². The summed E-state index contributed by atoms with van der Waals surface area (Å²) in [6.45, 7) is 4.66. The first-order chi connectivity index (χ1) is 9.85. The molecule has 0 saturated heterocycles. The van der Waals surface area contributed by atoms with Crippen LogP contribution in [0.4, 0.5) is 4.39 Å². The zero-order valence-electron chi connectivity index (χ0n) is 12.6. The number of nitrogens with zero attached hydrogens (tertiary/aromatic N) is 1. The van der Waals surface area contributed by atoms with Gasteiger partial charge in [-0.25, -0.2) is 22.5 Å². The molecular weight excluding hydrogens is 291 g/mol. The van der Waals surface area contributed by atoms with E-state index in [0.717, 1.165) is 38.2 Å². The quantitative estimate of drug-likeness (QED) is 0.877. The minimum Gasteiger partial charge on any atom is -0.241 e. The minimum absolute atomic E-state index is 0.00644. The van der Waals surface area contributed by atoms with E-state index >= 15 is 0 Å². The van der Waals surface area contributed by atoms with Crippen molar-refractivity contribution in [2.45, 2.75) is 51.0 Å². The van der Waals surface area contributed by atoms with Crippen molar-refractivity contribution in [1.29, 1.82) is 0 Å². The molecule has 0 unspecified atom stereocenters. The molecule has 1 heterocycles. The van der Waals surface area contributed by atoms with Crippen LogP contribution in [0.2, 0.25) is 0 Å². The molecule has 1 aliphatic rings. The Balaban J connectivity index is 2.12. The summed E-state index contributed by atoms with van der Waals surface area (Å²) in [6, 6.07) is 2.49. The van der Waals surface area contributed by atoms with Gasteiger partial charge in [0, 0.05) is 12.7 Å². The summed E-state index contributed by atoms with van der Waals surface area (Å²) < 4.78 is 40.6. The molecule has 6 heteroatoms. The Bertz CT molecular complexity index is 581. The second kappa shape index (κ2) is 6.40. The normalized spacial score (nSPS) is 18.3. The first kappa shape index (κ1) is 16.4. The fourth-order valence-electron chi connectivity index (χ4n) is 3.33. The fourth-order valence-corrected chi connectivity index (χ4v) is 4.49. The third kappa shape index (κ3) is 4.01. The lowest BCUT2D eigenvalue weighted by molar-refractivity contribution is 0.236. The molecule has 1 aliphatic carbocycles. The van der Waals surface area contributed by atoms with Crippen molar-refractivity contribution in [3.8, 4) is 0 Å². The Kier molecular flexibility index (Phi) is 4.99. The summed E-state index contributed by atoms with van der Waals surface area (Å²) in [5, 5.41) is -0.511. The second-order valence-electron chi connectivity index (χ2n) is 6.42. The standard InChI is InChI=1S/C15H23FN2O2S/c1-12(2)10-15(7-3-4-8-15)11-18-21(19,20)14-13(16)6-5-9-17-14/h5-6,9,12,18H,3-4,7-8,10-11H2,1-2H3. The number of rotatable bonds is 6. The van der Waals surface area contributed by atoms with Crippen LogP contribution in [0, 0.1) is 17.2 Å². The summed E-state index contributed by atoms with van der Waals surface area (Å²) in [4.78, 5) is 3.65. The summed E-state index contributed by atoms with van der Waals surface area (Å²) in [6.07, 6.45) is 6.59. The van der Waals surface area contributed by atoms with Crippen molar-refractivity contribution in [3.63, 3.8) is 0 Å². The molecule has 1 aromatic rings. The van der Waals surface area contributed by atoms with E-state index in [9.17, 15) is 12.8 Å². The lowest BCUT2D eigenvalue weighted by Crippen LogP contribution is -2.37. The van der Waals surface area contributed by atoms with Gasteiger partial charge in [-0.1, -0.05) is 26.7 Å². The molecule has 0 atom stereocenters. The Morgan fingerprint density at radius 3 is 2.62 bits per heavy atom. The largest absolute Gasteiger partial charge is 0.261 e. The predicted molar refractivity (Wildman–Crippen MR) is 79.7 cm³/mol. The van der Waals surface area contributed by atoms with E-state index in [0.29, 0.717) is 12.5 Å². The molecule has 1 saturated carbocycles. The molecule has 21 heavy (non-hydrogen) atoms. The Morgan fingerprint density at radius 1 is 1.38 bits per heavy atom. The van der Waals surface area contributed by atoms with Gasteiger partial charge >= 0.3 is 0 Å². The Hall–Kier alpha value is -1.01. The van der Waals surface area contributed by atoms with Crippen LogP contribution < -0.4 is 4.72 Å². The van der Waals surface area contributed by atoms with Crippen molar-refractivity contribution in [1.82, 2.24) is 9.71 Å². The van der Waals surface area contributed by atoms with Crippen molar-refractivity contribution >= 4 is 10.0 Å². The lowest BCUT2D eigenvalue weighted by Gasteiger charge is -2.31. The Morgan fingerprint density at radius 2 is 2.05 bits per heavy atom. The van der Waals surface area contributed by atoms with Crippen LogP contribution in [0.25, 0.3) is 0 Å². The molecule has 4 nitrogen and oxygen atoms in total. The van der Waals surface area contributed by atoms with Gasteiger partial charge in [-0.15, -0.1) is 0 Å². The number of hydrogen-bond acceptors (Lipinski definition) is 3.